The Morgan fingerprint density at radius 1 is 0.778 bits per heavy atom. The van der Waals surface area contributed by atoms with E-state index in [1.807, 2.05) is 37.3 Å². The summed E-state index contributed by atoms with van der Waals surface area (Å²) in [5.74, 6) is -0.920. The largest absolute Gasteiger partial charge is 0.354 e. The topological polar surface area (TPSA) is 86.8 Å². The Balaban J connectivity index is 1.79. The number of carbonyl (C=O) groups is 2. The number of hydrogen-bond acceptors (Lipinski definition) is 4. The number of nitrogens with one attached hydrogen (secondary N) is 1. The van der Waals surface area contributed by atoms with Crippen LogP contribution in [0.2, 0.25) is 15.1 Å². The molecule has 1 N–H and O–H groups in total. The lowest BCUT2D eigenvalue weighted by atomic mass is 10.0. The third-order valence-electron chi connectivity index (χ3n) is 7.12. The molecule has 0 spiro atoms. The Kier molecular flexibility index (Phi) is 12.3. The number of amides is 2. The molecule has 0 saturated heterocycles. The number of sulfonamides is 1. The summed E-state index contributed by atoms with van der Waals surface area (Å²) in [5.41, 5.74) is 1.73. The fourth-order valence-electron chi connectivity index (χ4n) is 4.79. The molecular weight excluding hydrogens is 653 g/mol. The molecule has 4 aromatic rings. The normalized spacial score (nSPS) is 11.9. The smallest absolute Gasteiger partial charge is 0.264 e. The van der Waals surface area contributed by atoms with Gasteiger partial charge < -0.3 is 10.2 Å². The fourth-order valence-corrected chi connectivity index (χ4v) is 6.72. The van der Waals surface area contributed by atoms with Crippen LogP contribution < -0.4 is 9.62 Å². The van der Waals surface area contributed by atoms with Crippen molar-refractivity contribution in [3.63, 3.8) is 0 Å². The fraction of sp³-hybridized carbons (Fsp3) is 0.235. The summed E-state index contributed by atoms with van der Waals surface area (Å²) in [7, 11) is -4.27. The van der Waals surface area contributed by atoms with Crippen LogP contribution in [0.1, 0.15) is 30.9 Å². The van der Waals surface area contributed by atoms with Crippen LogP contribution in [0.15, 0.2) is 108 Å². The van der Waals surface area contributed by atoms with E-state index in [9.17, 15) is 18.0 Å². The zero-order valence-electron chi connectivity index (χ0n) is 24.7. The molecule has 0 bridgehead atoms. The summed E-state index contributed by atoms with van der Waals surface area (Å²) in [6.07, 6.45) is 1.87. The van der Waals surface area contributed by atoms with Crippen LogP contribution in [0.3, 0.4) is 0 Å². The van der Waals surface area contributed by atoms with E-state index in [0.717, 1.165) is 22.7 Å². The van der Waals surface area contributed by atoms with Crippen LogP contribution in [0.5, 0.6) is 0 Å². The summed E-state index contributed by atoms with van der Waals surface area (Å²) in [5, 5.41) is 4.10. The molecule has 2 amide bonds. The summed E-state index contributed by atoms with van der Waals surface area (Å²) < 4.78 is 29.1. The molecule has 0 aliphatic rings. The molecule has 236 valence electrons. The van der Waals surface area contributed by atoms with E-state index < -0.39 is 28.5 Å². The van der Waals surface area contributed by atoms with Crippen LogP contribution in [0.4, 0.5) is 5.69 Å². The summed E-state index contributed by atoms with van der Waals surface area (Å²) in [6, 6.07) is 27.4. The molecule has 4 rings (SSSR count). The average molecular weight is 687 g/mol. The number of benzene rings is 4. The lowest BCUT2D eigenvalue weighted by molar-refractivity contribution is -0.140. The minimum Gasteiger partial charge on any atom is -0.354 e. The van der Waals surface area contributed by atoms with Gasteiger partial charge in [0.15, 0.2) is 0 Å². The minimum absolute atomic E-state index is 0.0163. The highest BCUT2D eigenvalue weighted by Gasteiger charge is 2.34. The van der Waals surface area contributed by atoms with Gasteiger partial charge in [0.25, 0.3) is 10.0 Å². The summed E-state index contributed by atoms with van der Waals surface area (Å²) in [6.45, 7) is 1.88. The van der Waals surface area contributed by atoms with Gasteiger partial charge in [-0.25, -0.2) is 8.42 Å². The first-order chi connectivity index (χ1) is 21.6. The molecule has 1 atom stereocenters. The van der Waals surface area contributed by atoms with Crippen molar-refractivity contribution in [3.8, 4) is 0 Å². The maximum absolute atomic E-state index is 14.5. The van der Waals surface area contributed by atoms with Gasteiger partial charge in [-0.05, 0) is 72.1 Å². The lowest BCUT2D eigenvalue weighted by Gasteiger charge is -2.34. The van der Waals surface area contributed by atoms with Gasteiger partial charge in [0.1, 0.15) is 12.6 Å². The second kappa shape index (κ2) is 16.1. The van der Waals surface area contributed by atoms with Crippen LogP contribution in [-0.2, 0) is 32.6 Å². The van der Waals surface area contributed by atoms with E-state index >= 15 is 0 Å². The highest BCUT2D eigenvalue weighted by Crippen LogP contribution is 2.28. The van der Waals surface area contributed by atoms with Gasteiger partial charge in [-0.3, -0.25) is 13.9 Å². The number of hydrogen-bond donors (Lipinski definition) is 1. The van der Waals surface area contributed by atoms with Crippen molar-refractivity contribution in [3.05, 3.63) is 129 Å². The zero-order chi connectivity index (χ0) is 32.4. The van der Waals surface area contributed by atoms with Gasteiger partial charge in [-0.15, -0.1) is 0 Å². The van der Waals surface area contributed by atoms with Gasteiger partial charge in [0.05, 0.1) is 10.6 Å². The molecule has 0 saturated carbocycles. The summed E-state index contributed by atoms with van der Waals surface area (Å²) >= 11 is 18.6. The summed E-state index contributed by atoms with van der Waals surface area (Å²) in [4.78, 5) is 29.6. The number of carbonyl (C=O) groups excluding carboxylic acids is 2. The molecule has 0 unspecified atom stereocenters. The third kappa shape index (κ3) is 9.47. The maximum atomic E-state index is 14.5. The van der Waals surface area contributed by atoms with Crippen LogP contribution in [0, 0.1) is 0 Å². The van der Waals surface area contributed by atoms with E-state index in [2.05, 4.69) is 5.32 Å². The van der Waals surface area contributed by atoms with Crippen molar-refractivity contribution in [1.29, 1.82) is 0 Å². The number of rotatable bonds is 14. The van der Waals surface area contributed by atoms with Crippen molar-refractivity contribution in [1.82, 2.24) is 10.2 Å². The standard InChI is InChI=1S/C34H34Cl3N3O4S/c1-2-3-19-38-34(42)32(21-25-9-5-4-6-10-25)39(23-26-11-7-12-28(36)20-26)33(41)24-40(30-14-8-13-29(37)22-30)45(43,44)31-17-15-27(35)16-18-31/h4-18,20,22,32H,2-3,19,21,23-24H2,1H3,(H,38,42)/t32-/m1/s1. The van der Waals surface area contributed by atoms with Gasteiger partial charge >= 0.3 is 0 Å². The first-order valence-corrected chi connectivity index (χ1v) is 17.1. The molecule has 0 aliphatic heterocycles. The van der Waals surface area contributed by atoms with E-state index in [0.29, 0.717) is 27.2 Å². The van der Waals surface area contributed by atoms with Gasteiger partial charge in [0.2, 0.25) is 11.8 Å². The van der Waals surface area contributed by atoms with Gasteiger partial charge in [-0.1, -0.05) is 96.7 Å². The highest BCUT2D eigenvalue weighted by atomic mass is 35.5. The molecular formula is C34H34Cl3N3O4S. The lowest BCUT2D eigenvalue weighted by Crippen LogP contribution is -2.53. The molecule has 0 aromatic heterocycles. The second-order valence-electron chi connectivity index (χ2n) is 10.4. The molecule has 0 fully saturated rings. The van der Waals surface area contributed by atoms with Crippen molar-refractivity contribution < 1.29 is 18.0 Å². The average Bonchev–Trinajstić information content (AvgIpc) is 3.02. The predicted molar refractivity (Wildman–Crippen MR) is 181 cm³/mol. The second-order valence-corrected chi connectivity index (χ2v) is 13.6. The molecule has 4 aromatic carbocycles. The number of halogens is 3. The number of nitrogens with zero attached hydrogens (tertiary/aromatic N) is 2. The van der Waals surface area contributed by atoms with E-state index in [4.69, 9.17) is 34.8 Å². The Hall–Kier alpha value is -3.56. The Bertz CT molecular complexity index is 1700. The third-order valence-corrected chi connectivity index (χ3v) is 9.63. The molecule has 11 heteroatoms. The molecule has 0 radical (unpaired) electrons. The Labute approximate surface area is 279 Å². The predicted octanol–water partition coefficient (Wildman–Crippen LogP) is 7.40. The van der Waals surface area contributed by atoms with Gasteiger partial charge in [-0.2, -0.15) is 0 Å². The number of anilines is 1. The van der Waals surface area contributed by atoms with Crippen LogP contribution >= 0.6 is 34.8 Å². The van der Waals surface area contributed by atoms with Gasteiger partial charge in [0, 0.05) is 34.6 Å². The van der Waals surface area contributed by atoms with E-state index in [1.54, 1.807) is 42.5 Å². The van der Waals surface area contributed by atoms with E-state index in [-0.39, 0.29) is 29.5 Å². The van der Waals surface area contributed by atoms with Crippen molar-refractivity contribution in [2.24, 2.45) is 0 Å². The molecule has 0 heterocycles. The molecule has 0 aliphatic carbocycles. The van der Waals surface area contributed by atoms with Crippen LogP contribution in [-0.4, -0.2) is 44.3 Å². The molecule has 7 nitrogen and oxygen atoms in total. The Morgan fingerprint density at radius 3 is 2.07 bits per heavy atom. The van der Waals surface area contributed by atoms with Crippen molar-refractivity contribution in [2.75, 3.05) is 17.4 Å². The van der Waals surface area contributed by atoms with Crippen molar-refractivity contribution in [2.45, 2.75) is 43.7 Å². The first kappa shape index (κ1) is 34.3. The van der Waals surface area contributed by atoms with E-state index in [1.165, 1.54) is 35.2 Å². The quantitative estimate of drug-likeness (QED) is 0.140. The first-order valence-electron chi connectivity index (χ1n) is 14.5. The zero-order valence-corrected chi connectivity index (χ0v) is 27.8. The van der Waals surface area contributed by atoms with Crippen molar-refractivity contribution >= 4 is 62.3 Å². The number of unbranched alkanes of at least 4 members (excludes halogenated alkanes) is 1. The highest BCUT2D eigenvalue weighted by molar-refractivity contribution is 7.92. The monoisotopic (exact) mass is 685 g/mol. The minimum atomic E-state index is -4.27. The van der Waals surface area contributed by atoms with Crippen LogP contribution in [0.25, 0.3) is 0 Å². The maximum Gasteiger partial charge on any atom is 0.264 e. The SMILES string of the molecule is CCCCNC(=O)[C@@H](Cc1ccccc1)N(Cc1cccc(Cl)c1)C(=O)CN(c1cccc(Cl)c1)S(=O)(=O)c1ccc(Cl)cc1. The Morgan fingerprint density at radius 2 is 1.42 bits per heavy atom. The molecule has 45 heavy (non-hydrogen) atoms.